The van der Waals surface area contributed by atoms with Crippen LogP contribution in [0, 0.1) is 0 Å². The molecular weight excluding hydrogens is 1420 g/mol. The zero-order chi connectivity index (χ0) is 14.5. The van der Waals surface area contributed by atoms with E-state index in [4.69, 9.17) is 0 Å². The SMILES string of the molecule is [AsH3].[AsH]=[As][AsH][AsH][AsH][AsH2].[AsH]=[As][AsH][AsH][AsH][AsH2].[AsH]=[As][AsH][AsH][AsH][AsH2]. The first-order valence-electron chi connectivity index (χ1n) is 3.71. The van der Waals surface area contributed by atoms with E-state index in [1.54, 1.807) is 0 Å². The maximum atomic E-state index is 2.44. The van der Waals surface area contributed by atoms with Crippen LogP contribution in [0.4, 0.5) is 0 Å². The van der Waals surface area contributed by atoms with Gasteiger partial charge in [0.05, 0.1) is 0 Å². The van der Waals surface area contributed by atoms with Crippen molar-refractivity contribution in [3.63, 3.8) is 0 Å². The zero-order valence-corrected chi connectivity index (χ0v) is 50.8. The van der Waals surface area contributed by atoms with Gasteiger partial charge in [0, 0.05) is 0 Å². The molecule has 0 aliphatic rings. The van der Waals surface area contributed by atoms with Gasteiger partial charge >= 0.3 is 243 Å². The molecule has 0 aliphatic carbocycles. The molecule has 0 spiro atoms. The molecule has 13 unspecified atom stereocenters. The minimum absolute atomic E-state index is 0. The van der Waals surface area contributed by atoms with Gasteiger partial charge in [-0.15, -0.1) is 0 Å². The third kappa shape index (κ3) is 52.7. The van der Waals surface area contributed by atoms with E-state index in [1.165, 1.54) is 0 Å². The van der Waals surface area contributed by atoms with Crippen molar-refractivity contribution in [2.75, 3.05) is 0 Å². The first kappa shape index (κ1) is 37.0. The molecule has 0 radical (unpaired) electrons. The van der Waals surface area contributed by atoms with E-state index in [0.717, 1.165) is 138 Å². The molecule has 0 N–H and O–H groups in total. The maximum absolute atomic E-state index is 2.44. The van der Waals surface area contributed by atoms with Gasteiger partial charge in [-0.25, -0.2) is 0 Å². The van der Waals surface area contributed by atoms with Crippen LogP contribution in [0.5, 0.6) is 0 Å². The molecule has 0 nitrogen and oxygen atoms in total. The molecule has 0 saturated heterocycles. The molecule has 19 heavy (non-hydrogen) atoms. The van der Waals surface area contributed by atoms with Crippen molar-refractivity contribution in [3.8, 4) is 0 Å². The van der Waals surface area contributed by atoms with Crippen molar-refractivity contribution >= 4 is 243 Å². The Kier molecular flexibility index (Phi) is 83.0. The Hall–Kier alpha value is 10.6. The van der Waals surface area contributed by atoms with Crippen molar-refractivity contribution in [3.05, 3.63) is 0 Å². The molecule has 13 atom stereocenters. The van der Waals surface area contributed by atoms with Crippen LogP contribution in [-0.4, -0.2) is 243 Å². The summed E-state index contributed by atoms with van der Waals surface area (Å²) in [5.74, 6) is 0. The van der Waals surface area contributed by atoms with Gasteiger partial charge in [0.1, 0.15) is 0 Å². The molecular formula is H21As19. The normalized spacial score (nSPS) is 14.7. The molecule has 0 aromatic carbocycles. The van der Waals surface area contributed by atoms with Gasteiger partial charge in [0.25, 0.3) is 0 Å². The van der Waals surface area contributed by atoms with Gasteiger partial charge in [-0.2, -0.15) is 0 Å². The average Bonchev–Trinajstić information content (AvgIpc) is 2.42. The molecule has 0 amide bonds. The van der Waals surface area contributed by atoms with E-state index in [1.807, 2.05) is 0 Å². The summed E-state index contributed by atoms with van der Waals surface area (Å²) in [7, 11) is 0. The monoisotopic (exact) mass is 1440 g/mol. The summed E-state index contributed by atoms with van der Waals surface area (Å²) in [6.45, 7) is 0. The van der Waals surface area contributed by atoms with Gasteiger partial charge < -0.3 is 0 Å². The molecule has 0 aromatic heterocycles. The van der Waals surface area contributed by atoms with Gasteiger partial charge in [-0.3, -0.25) is 0 Å². The summed E-state index contributed by atoms with van der Waals surface area (Å²) < 4.78 is 0. The topological polar surface area (TPSA) is 0 Å². The fraction of sp³-hybridized carbons (Fsp3) is 0. The van der Waals surface area contributed by atoms with Crippen molar-refractivity contribution in [1.29, 1.82) is 0 Å². The van der Waals surface area contributed by atoms with Gasteiger partial charge in [0.15, 0.2) is 0 Å². The van der Waals surface area contributed by atoms with Gasteiger partial charge in [-0.05, 0) is 0 Å². The zero-order valence-electron chi connectivity index (χ0n) is 9.78. The minimum atomic E-state index is 0. The van der Waals surface area contributed by atoms with E-state index in [-0.39, 0.29) is 18.0 Å². The van der Waals surface area contributed by atoms with Crippen LogP contribution in [0.2, 0.25) is 0 Å². The number of hydrogen-bond acceptors (Lipinski definition) is 0. The van der Waals surface area contributed by atoms with Gasteiger partial charge in [0.2, 0.25) is 0 Å². The average molecular weight is 1440 g/mol. The van der Waals surface area contributed by atoms with Crippen LogP contribution in [0.25, 0.3) is 0 Å². The molecule has 0 saturated carbocycles. The molecule has 0 aliphatic heterocycles. The Morgan fingerprint density at radius 3 is 0.842 bits per heavy atom. The summed E-state index contributed by atoms with van der Waals surface area (Å²) in [5, 5.41) is 0. The van der Waals surface area contributed by atoms with Crippen molar-refractivity contribution < 1.29 is 0 Å². The third-order valence-electron chi connectivity index (χ3n) is 0.552. The van der Waals surface area contributed by atoms with Crippen LogP contribution >= 0.6 is 0 Å². The predicted octanol–water partition coefficient (Wildman–Crippen LogP) is -12.9. The van der Waals surface area contributed by atoms with Crippen molar-refractivity contribution in [2.45, 2.75) is 0 Å². The van der Waals surface area contributed by atoms with Crippen LogP contribution in [0.3, 0.4) is 0 Å². The molecule has 0 bridgehead atoms. The quantitative estimate of drug-likeness (QED) is 0.159. The summed E-state index contributed by atoms with van der Waals surface area (Å²) in [4.78, 5) is 0. The van der Waals surface area contributed by atoms with E-state index in [2.05, 4.69) is 87.1 Å². The van der Waals surface area contributed by atoms with E-state index < -0.39 is 0 Å². The molecule has 116 valence electrons. The molecule has 0 aromatic rings. The van der Waals surface area contributed by atoms with Crippen LogP contribution in [0.1, 0.15) is 0 Å². The fourth-order valence-electron chi connectivity index (χ4n) is 0.181. The Labute approximate surface area is 234 Å². The number of rotatable bonds is 9. The van der Waals surface area contributed by atoms with Gasteiger partial charge in [-0.1, -0.05) is 0 Å². The third-order valence-corrected chi connectivity index (χ3v) is 402. The number of hydrogen-bond donors (Lipinski definition) is 0. The van der Waals surface area contributed by atoms with Crippen molar-refractivity contribution in [2.24, 2.45) is 0 Å². The molecule has 0 fully saturated rings. The molecule has 0 rings (SSSR count). The fourth-order valence-corrected chi connectivity index (χ4v) is 684. The Bertz CT molecular complexity index is 116. The first-order valence-corrected chi connectivity index (χ1v) is 100. The predicted molar refractivity (Wildman–Crippen MR) is 139 cm³/mol. The second kappa shape index (κ2) is 42.7. The summed E-state index contributed by atoms with van der Waals surface area (Å²) in [6.07, 6.45) is 0. The Balaban J connectivity index is -0.0000000865. The Morgan fingerprint density at radius 1 is 0.579 bits per heavy atom. The van der Waals surface area contributed by atoms with Crippen LogP contribution in [0.15, 0.2) is 0 Å². The van der Waals surface area contributed by atoms with Crippen molar-refractivity contribution in [1.82, 2.24) is 0 Å². The Morgan fingerprint density at radius 2 is 0.789 bits per heavy atom. The standard InChI is InChI=1S/3As6H6.AsH3/c3*1-3-5-6-4-2;/h3*1,4-6H,2H2;1H3. The second-order valence-electron chi connectivity index (χ2n) is 1.48. The van der Waals surface area contributed by atoms with E-state index in [0.29, 0.717) is 0 Å². The summed E-state index contributed by atoms with van der Waals surface area (Å²) in [5.41, 5.74) is 0. The second-order valence-corrected chi connectivity index (χ2v) is 207. The molecule has 0 heterocycles. The molecule has 19 heteroatoms. The first-order chi connectivity index (χ1) is 8.74. The van der Waals surface area contributed by atoms with E-state index in [9.17, 15) is 0 Å². The van der Waals surface area contributed by atoms with E-state index >= 15 is 0 Å². The summed E-state index contributed by atoms with van der Waals surface area (Å²) in [6, 6.07) is 0. The van der Waals surface area contributed by atoms with Crippen LogP contribution < -0.4 is 0 Å². The summed E-state index contributed by atoms with van der Waals surface area (Å²) >= 11 is 23.6. The van der Waals surface area contributed by atoms with Crippen LogP contribution in [-0.2, 0) is 0 Å².